The molecule has 0 heterocycles. The van der Waals surface area contributed by atoms with Crippen LogP contribution in [0.3, 0.4) is 0 Å². The van der Waals surface area contributed by atoms with Gasteiger partial charge < -0.3 is 10.2 Å². The molecule has 0 amide bonds. The molecular formula is C12H8O4V. The Morgan fingerprint density at radius 1 is 0.882 bits per heavy atom. The Bertz CT molecular complexity index is 592. The van der Waals surface area contributed by atoms with Crippen molar-refractivity contribution >= 4 is 22.7 Å². The van der Waals surface area contributed by atoms with Crippen LogP contribution in [0.1, 0.15) is 20.7 Å². The monoisotopic (exact) mass is 267 g/mol. The number of carboxylic acid groups (broad SMARTS) is 2. The average molecular weight is 267 g/mol. The van der Waals surface area contributed by atoms with E-state index in [2.05, 4.69) is 0 Å². The van der Waals surface area contributed by atoms with E-state index < -0.39 is 11.9 Å². The third-order valence-electron chi connectivity index (χ3n) is 2.37. The molecule has 0 atom stereocenters. The largest absolute Gasteiger partial charge is 0.478 e. The fraction of sp³-hybridized carbons (Fsp3) is 0. The van der Waals surface area contributed by atoms with Gasteiger partial charge in [0, 0.05) is 18.6 Å². The maximum absolute atomic E-state index is 11.1. The molecule has 0 spiro atoms. The molecule has 0 saturated heterocycles. The number of fused-ring (bicyclic) bond motifs is 1. The van der Waals surface area contributed by atoms with Gasteiger partial charge in [0.1, 0.15) is 0 Å². The number of hydrogen-bond acceptors (Lipinski definition) is 2. The van der Waals surface area contributed by atoms with Crippen LogP contribution in [0.25, 0.3) is 10.8 Å². The van der Waals surface area contributed by atoms with Crippen LogP contribution >= 0.6 is 0 Å². The molecule has 2 aromatic rings. The summed E-state index contributed by atoms with van der Waals surface area (Å²) in [5.74, 6) is -2.46. The van der Waals surface area contributed by atoms with Gasteiger partial charge in [0.25, 0.3) is 0 Å². The molecule has 0 aliphatic rings. The second kappa shape index (κ2) is 5.04. The van der Waals surface area contributed by atoms with Gasteiger partial charge in [-0.2, -0.15) is 0 Å². The Hall–Kier alpha value is -1.78. The van der Waals surface area contributed by atoms with E-state index in [1.165, 1.54) is 6.07 Å². The average Bonchev–Trinajstić information content (AvgIpc) is 2.27. The molecule has 2 rings (SSSR count). The van der Waals surface area contributed by atoms with Crippen molar-refractivity contribution in [1.82, 2.24) is 0 Å². The Morgan fingerprint density at radius 3 is 2.12 bits per heavy atom. The number of hydrogen-bond donors (Lipinski definition) is 2. The normalized spacial score (nSPS) is 9.65. The zero-order chi connectivity index (χ0) is 11.7. The minimum Gasteiger partial charge on any atom is -0.478 e. The third kappa shape index (κ3) is 2.33. The van der Waals surface area contributed by atoms with E-state index in [4.69, 9.17) is 10.2 Å². The first-order valence-corrected chi connectivity index (χ1v) is 4.59. The molecule has 4 nitrogen and oxygen atoms in total. The van der Waals surface area contributed by atoms with E-state index >= 15 is 0 Å². The van der Waals surface area contributed by atoms with E-state index in [9.17, 15) is 9.59 Å². The van der Waals surface area contributed by atoms with E-state index in [1.54, 1.807) is 30.3 Å². The molecule has 0 bridgehead atoms. The predicted molar refractivity (Wildman–Crippen MR) is 57.9 cm³/mol. The maximum atomic E-state index is 11.1. The van der Waals surface area contributed by atoms with Crippen LogP contribution in [0.15, 0.2) is 36.4 Å². The van der Waals surface area contributed by atoms with Gasteiger partial charge >= 0.3 is 11.9 Å². The molecular weight excluding hydrogens is 259 g/mol. The Labute approximate surface area is 109 Å². The summed E-state index contributed by atoms with van der Waals surface area (Å²) in [6.07, 6.45) is 0. The fourth-order valence-corrected chi connectivity index (χ4v) is 1.68. The summed E-state index contributed by atoms with van der Waals surface area (Å²) >= 11 is 0. The van der Waals surface area contributed by atoms with E-state index in [0.29, 0.717) is 10.8 Å². The molecule has 0 saturated carbocycles. The molecule has 0 aromatic heterocycles. The molecule has 0 unspecified atom stereocenters. The van der Waals surface area contributed by atoms with Crippen molar-refractivity contribution in [2.24, 2.45) is 0 Å². The van der Waals surface area contributed by atoms with Crippen LogP contribution in [0.5, 0.6) is 0 Å². The van der Waals surface area contributed by atoms with Crippen LogP contribution < -0.4 is 0 Å². The van der Waals surface area contributed by atoms with Gasteiger partial charge in [0.15, 0.2) is 0 Å². The molecule has 0 aliphatic heterocycles. The molecule has 0 aliphatic carbocycles. The second-order valence-electron chi connectivity index (χ2n) is 3.32. The molecule has 5 heteroatoms. The number of carboxylic acids is 2. The summed E-state index contributed by atoms with van der Waals surface area (Å²) in [4.78, 5) is 22.0. The standard InChI is InChI=1S/C12H8O4.V/c13-11(14)9-6-5-7-3-1-2-4-8(7)10(9)12(15)16;/h1-6H,(H,13,14)(H,15,16);. The van der Waals surface area contributed by atoms with Gasteiger partial charge in [-0.25, -0.2) is 9.59 Å². The van der Waals surface area contributed by atoms with Crippen molar-refractivity contribution < 1.29 is 38.4 Å². The summed E-state index contributed by atoms with van der Waals surface area (Å²) in [6.45, 7) is 0. The van der Waals surface area contributed by atoms with Gasteiger partial charge in [-0.1, -0.05) is 30.3 Å². The predicted octanol–water partition coefficient (Wildman–Crippen LogP) is 2.23. The zero-order valence-electron chi connectivity index (χ0n) is 8.62. The van der Waals surface area contributed by atoms with Crippen molar-refractivity contribution in [3.8, 4) is 0 Å². The summed E-state index contributed by atoms with van der Waals surface area (Å²) in [6, 6.07) is 9.72. The maximum Gasteiger partial charge on any atom is 0.337 e. The van der Waals surface area contributed by atoms with Crippen molar-refractivity contribution in [3.05, 3.63) is 47.5 Å². The summed E-state index contributed by atoms with van der Waals surface area (Å²) in [5, 5.41) is 19.1. The van der Waals surface area contributed by atoms with Crippen LogP contribution in [0.4, 0.5) is 0 Å². The summed E-state index contributed by atoms with van der Waals surface area (Å²) in [5.41, 5.74) is -0.350. The van der Waals surface area contributed by atoms with Gasteiger partial charge in [-0.3, -0.25) is 0 Å². The van der Waals surface area contributed by atoms with Crippen molar-refractivity contribution in [1.29, 1.82) is 0 Å². The van der Waals surface area contributed by atoms with Crippen LogP contribution in [-0.2, 0) is 18.6 Å². The number of benzene rings is 2. The Morgan fingerprint density at radius 2 is 1.53 bits per heavy atom. The zero-order valence-corrected chi connectivity index (χ0v) is 10.0. The van der Waals surface area contributed by atoms with Crippen LogP contribution in [0, 0.1) is 0 Å². The first-order valence-electron chi connectivity index (χ1n) is 4.59. The van der Waals surface area contributed by atoms with E-state index in [1.807, 2.05) is 0 Å². The van der Waals surface area contributed by atoms with Crippen molar-refractivity contribution in [2.45, 2.75) is 0 Å². The van der Waals surface area contributed by atoms with E-state index in [-0.39, 0.29) is 29.7 Å². The Kier molecular flexibility index (Phi) is 3.94. The summed E-state index contributed by atoms with van der Waals surface area (Å²) < 4.78 is 0. The topological polar surface area (TPSA) is 74.6 Å². The van der Waals surface area contributed by atoms with Gasteiger partial charge in [0.05, 0.1) is 11.1 Å². The van der Waals surface area contributed by atoms with E-state index in [0.717, 1.165) is 0 Å². The van der Waals surface area contributed by atoms with Gasteiger partial charge in [0.2, 0.25) is 0 Å². The van der Waals surface area contributed by atoms with Gasteiger partial charge in [-0.15, -0.1) is 0 Å². The SMILES string of the molecule is O=C(O)c1ccc2ccccc2c1C(=O)O.[V]. The molecule has 1 radical (unpaired) electrons. The third-order valence-corrected chi connectivity index (χ3v) is 2.37. The quantitative estimate of drug-likeness (QED) is 0.874. The number of rotatable bonds is 2. The molecule has 17 heavy (non-hydrogen) atoms. The minimum absolute atomic E-state index is 0. The minimum atomic E-state index is -1.23. The molecule has 85 valence electrons. The number of carbonyl (C=O) groups is 2. The van der Waals surface area contributed by atoms with Crippen LogP contribution in [0.2, 0.25) is 0 Å². The fourth-order valence-electron chi connectivity index (χ4n) is 1.68. The molecule has 2 aromatic carbocycles. The smallest absolute Gasteiger partial charge is 0.337 e. The molecule has 0 fully saturated rings. The first-order chi connectivity index (χ1) is 7.61. The first kappa shape index (κ1) is 13.3. The van der Waals surface area contributed by atoms with Crippen molar-refractivity contribution in [2.75, 3.05) is 0 Å². The summed E-state index contributed by atoms with van der Waals surface area (Å²) in [7, 11) is 0. The Balaban J connectivity index is 0.00000144. The van der Waals surface area contributed by atoms with Crippen LogP contribution in [-0.4, -0.2) is 22.2 Å². The van der Waals surface area contributed by atoms with Crippen molar-refractivity contribution in [3.63, 3.8) is 0 Å². The van der Waals surface area contributed by atoms with Gasteiger partial charge in [-0.05, 0) is 16.8 Å². The number of aromatic carboxylic acids is 2. The molecule has 2 N–H and O–H groups in total. The second-order valence-corrected chi connectivity index (χ2v) is 3.32.